The van der Waals surface area contributed by atoms with E-state index in [4.69, 9.17) is 4.74 Å². The smallest absolute Gasteiger partial charge is 0.245 e. The summed E-state index contributed by atoms with van der Waals surface area (Å²) < 4.78 is 5.99. The summed E-state index contributed by atoms with van der Waals surface area (Å²) in [5.74, 6) is 0.956. The lowest BCUT2D eigenvalue weighted by Gasteiger charge is -2.25. The van der Waals surface area contributed by atoms with Crippen LogP contribution in [0, 0.1) is 0 Å². The summed E-state index contributed by atoms with van der Waals surface area (Å²) >= 11 is 0. The number of rotatable bonds is 5. The zero-order valence-electron chi connectivity index (χ0n) is 17.9. The Kier molecular flexibility index (Phi) is 5.35. The molecule has 0 saturated heterocycles. The number of hydrogen-bond donors (Lipinski definition) is 1. The van der Waals surface area contributed by atoms with E-state index in [-0.39, 0.29) is 17.5 Å². The molecular weight excluding hydrogens is 420 g/mol. The van der Waals surface area contributed by atoms with Gasteiger partial charge >= 0.3 is 0 Å². The first-order chi connectivity index (χ1) is 16.1. The molecule has 1 amide bonds. The van der Waals surface area contributed by atoms with E-state index in [1.807, 2.05) is 12.1 Å². The molecule has 0 radical (unpaired) electrons. The highest BCUT2D eigenvalue weighted by Crippen LogP contribution is 2.30. The number of nitrogens with one attached hydrogen (secondary N) is 1. The number of benzene rings is 1. The maximum Gasteiger partial charge on any atom is 0.245 e. The molecule has 9 nitrogen and oxygen atoms in total. The number of carbonyl (C=O) groups is 2. The first kappa shape index (κ1) is 20.5. The number of pyridine rings is 1. The van der Waals surface area contributed by atoms with Crippen LogP contribution >= 0.6 is 0 Å². The zero-order valence-corrected chi connectivity index (χ0v) is 17.9. The topological polar surface area (TPSA) is 114 Å². The number of H-pyrrole nitrogens is 1. The van der Waals surface area contributed by atoms with Gasteiger partial charge in [-0.1, -0.05) is 6.08 Å². The number of nitrogens with zero attached hydrogens (tertiary/aromatic N) is 5. The largest absolute Gasteiger partial charge is 0.437 e. The summed E-state index contributed by atoms with van der Waals surface area (Å²) in [5, 5.41) is 0. The number of ether oxygens (including phenoxy) is 1. The number of carbonyl (C=O) groups excluding carboxylic acids is 2. The number of aromatic amines is 1. The van der Waals surface area contributed by atoms with Crippen molar-refractivity contribution in [2.75, 3.05) is 13.1 Å². The van der Waals surface area contributed by atoms with Crippen LogP contribution < -0.4 is 4.74 Å². The van der Waals surface area contributed by atoms with Crippen molar-refractivity contribution in [3.05, 3.63) is 78.1 Å². The van der Waals surface area contributed by atoms with Crippen LogP contribution in [0.25, 0.3) is 16.7 Å². The molecule has 5 rings (SSSR count). The predicted octanol–water partition coefficient (Wildman–Crippen LogP) is 3.41. The molecule has 1 aliphatic rings. The SMILES string of the molecule is CC(=O)N1CC=C(c2nccnc2Oc2ccc(C(=O)c3nc4ncccc4[nH]3)cc2)CC1. The molecule has 0 unspecified atom stereocenters. The van der Waals surface area contributed by atoms with Gasteiger partial charge in [0.25, 0.3) is 0 Å². The van der Waals surface area contributed by atoms with E-state index in [0.29, 0.717) is 53.6 Å². The third kappa shape index (κ3) is 4.20. The minimum absolute atomic E-state index is 0.0504. The summed E-state index contributed by atoms with van der Waals surface area (Å²) in [6.07, 6.45) is 7.47. The molecule has 0 aliphatic carbocycles. The van der Waals surface area contributed by atoms with Crippen molar-refractivity contribution in [2.24, 2.45) is 0 Å². The molecule has 164 valence electrons. The van der Waals surface area contributed by atoms with Crippen molar-refractivity contribution < 1.29 is 14.3 Å². The van der Waals surface area contributed by atoms with Crippen molar-refractivity contribution in [2.45, 2.75) is 13.3 Å². The zero-order chi connectivity index (χ0) is 22.8. The Balaban J connectivity index is 1.34. The van der Waals surface area contributed by atoms with Crippen LogP contribution in [0.15, 0.2) is 61.1 Å². The quantitative estimate of drug-likeness (QED) is 0.473. The van der Waals surface area contributed by atoms with Crippen LogP contribution in [-0.2, 0) is 4.79 Å². The predicted molar refractivity (Wildman–Crippen MR) is 121 cm³/mol. The summed E-state index contributed by atoms with van der Waals surface area (Å²) in [6, 6.07) is 10.4. The van der Waals surface area contributed by atoms with Crippen LogP contribution in [0.5, 0.6) is 11.6 Å². The van der Waals surface area contributed by atoms with Crippen molar-refractivity contribution in [3.63, 3.8) is 0 Å². The first-order valence-corrected chi connectivity index (χ1v) is 10.5. The van der Waals surface area contributed by atoms with Gasteiger partial charge in [0.2, 0.25) is 17.6 Å². The van der Waals surface area contributed by atoms with E-state index in [1.54, 1.807) is 60.7 Å². The normalized spacial score (nSPS) is 13.6. The van der Waals surface area contributed by atoms with E-state index in [9.17, 15) is 9.59 Å². The van der Waals surface area contributed by atoms with Crippen molar-refractivity contribution in [1.82, 2.24) is 29.8 Å². The molecule has 4 aromatic rings. The van der Waals surface area contributed by atoms with Crippen molar-refractivity contribution in [1.29, 1.82) is 0 Å². The molecule has 33 heavy (non-hydrogen) atoms. The average Bonchev–Trinajstić information content (AvgIpc) is 3.29. The van der Waals surface area contributed by atoms with Gasteiger partial charge in [0, 0.05) is 44.2 Å². The molecule has 4 heterocycles. The van der Waals surface area contributed by atoms with E-state index in [2.05, 4.69) is 24.9 Å². The fourth-order valence-corrected chi connectivity index (χ4v) is 3.67. The van der Waals surface area contributed by atoms with Crippen LogP contribution in [0.4, 0.5) is 0 Å². The monoisotopic (exact) mass is 440 g/mol. The number of amides is 1. The second-order valence-electron chi connectivity index (χ2n) is 7.57. The number of aromatic nitrogens is 5. The van der Waals surface area contributed by atoms with Gasteiger partial charge in [-0.3, -0.25) is 9.59 Å². The number of ketones is 1. The summed E-state index contributed by atoms with van der Waals surface area (Å²) in [4.78, 5) is 46.3. The Hall–Kier alpha value is -4.40. The van der Waals surface area contributed by atoms with Gasteiger partial charge in [-0.25, -0.2) is 19.9 Å². The molecule has 9 heteroatoms. The van der Waals surface area contributed by atoms with Gasteiger partial charge in [0.1, 0.15) is 11.4 Å². The van der Waals surface area contributed by atoms with Gasteiger partial charge in [-0.05, 0) is 48.4 Å². The van der Waals surface area contributed by atoms with Gasteiger partial charge in [-0.15, -0.1) is 0 Å². The Morgan fingerprint density at radius 3 is 2.58 bits per heavy atom. The molecule has 0 spiro atoms. The molecule has 0 saturated carbocycles. The lowest BCUT2D eigenvalue weighted by molar-refractivity contribution is -0.128. The maximum absolute atomic E-state index is 12.8. The van der Waals surface area contributed by atoms with E-state index < -0.39 is 0 Å². The Morgan fingerprint density at radius 2 is 1.85 bits per heavy atom. The first-order valence-electron chi connectivity index (χ1n) is 10.5. The fraction of sp³-hybridized carbons (Fsp3) is 0.167. The second kappa shape index (κ2) is 8.62. The lowest BCUT2D eigenvalue weighted by Crippen LogP contribution is -2.32. The number of hydrogen-bond acceptors (Lipinski definition) is 7. The van der Waals surface area contributed by atoms with E-state index in [0.717, 1.165) is 5.57 Å². The van der Waals surface area contributed by atoms with Gasteiger partial charge in [0.05, 0.1) is 5.52 Å². The van der Waals surface area contributed by atoms with Crippen LogP contribution in [0.3, 0.4) is 0 Å². The Morgan fingerprint density at radius 1 is 1.03 bits per heavy atom. The molecule has 0 bridgehead atoms. The van der Waals surface area contributed by atoms with Gasteiger partial charge in [-0.2, -0.15) is 0 Å². The second-order valence-corrected chi connectivity index (χ2v) is 7.57. The van der Waals surface area contributed by atoms with Crippen molar-refractivity contribution >= 4 is 28.4 Å². The van der Waals surface area contributed by atoms with Crippen molar-refractivity contribution in [3.8, 4) is 11.6 Å². The third-order valence-corrected chi connectivity index (χ3v) is 5.43. The molecule has 0 atom stereocenters. The van der Waals surface area contributed by atoms with Crippen LogP contribution in [0.1, 0.15) is 35.2 Å². The Labute approximate surface area is 189 Å². The van der Waals surface area contributed by atoms with E-state index >= 15 is 0 Å². The fourth-order valence-electron chi connectivity index (χ4n) is 3.67. The highest BCUT2D eigenvalue weighted by atomic mass is 16.5. The molecule has 1 aromatic carbocycles. The minimum atomic E-state index is -0.234. The lowest BCUT2D eigenvalue weighted by atomic mass is 10.0. The molecule has 0 fully saturated rings. The van der Waals surface area contributed by atoms with Crippen LogP contribution in [-0.4, -0.2) is 54.6 Å². The average molecular weight is 440 g/mol. The number of fused-ring (bicyclic) bond motifs is 1. The molecule has 1 N–H and O–H groups in total. The number of imidazole rings is 1. The standard InChI is InChI=1S/C24H20N6O3/c1-15(31)30-13-8-16(9-14-30)20-24(27-12-11-25-20)33-18-6-4-17(5-7-18)21(32)23-28-19-3-2-10-26-22(19)29-23/h2-8,10-12H,9,13-14H2,1H3,(H,26,28,29). The summed E-state index contributed by atoms with van der Waals surface area (Å²) in [6.45, 7) is 2.73. The third-order valence-electron chi connectivity index (χ3n) is 5.43. The Bertz CT molecular complexity index is 1340. The minimum Gasteiger partial charge on any atom is -0.437 e. The van der Waals surface area contributed by atoms with Gasteiger partial charge < -0.3 is 14.6 Å². The highest BCUT2D eigenvalue weighted by Gasteiger charge is 2.20. The van der Waals surface area contributed by atoms with Crippen LogP contribution in [0.2, 0.25) is 0 Å². The van der Waals surface area contributed by atoms with E-state index in [1.165, 1.54) is 0 Å². The molecule has 1 aliphatic heterocycles. The highest BCUT2D eigenvalue weighted by molar-refractivity contribution is 6.07. The summed E-state index contributed by atoms with van der Waals surface area (Å²) in [5.41, 5.74) is 3.32. The summed E-state index contributed by atoms with van der Waals surface area (Å²) in [7, 11) is 0. The molecular formula is C24H20N6O3. The molecule has 3 aromatic heterocycles. The maximum atomic E-state index is 12.8. The van der Waals surface area contributed by atoms with Gasteiger partial charge in [0.15, 0.2) is 11.5 Å².